The van der Waals surface area contributed by atoms with Crippen LogP contribution in [0.1, 0.15) is 36.5 Å². The van der Waals surface area contributed by atoms with E-state index in [-0.39, 0.29) is 54.8 Å². The number of nitrogens with zero attached hydrogens (tertiary/aromatic N) is 2. The number of piperidine rings is 1. The summed E-state index contributed by atoms with van der Waals surface area (Å²) in [5.41, 5.74) is -2.93. The summed E-state index contributed by atoms with van der Waals surface area (Å²) in [6.07, 6.45) is -3.04. The van der Waals surface area contributed by atoms with E-state index in [0.717, 1.165) is 18.9 Å². The topological polar surface area (TPSA) is 104 Å². The van der Waals surface area contributed by atoms with Crippen LogP contribution in [0.15, 0.2) is 43.2 Å². The molecular formula is C25H27BrClF3N4O4S. The van der Waals surface area contributed by atoms with Crippen LogP contribution >= 0.6 is 27.5 Å². The Balaban J connectivity index is 1.88. The first kappa shape index (κ1) is 29.8. The number of aromatic nitrogens is 2. The van der Waals surface area contributed by atoms with Gasteiger partial charge in [0.25, 0.3) is 5.56 Å². The van der Waals surface area contributed by atoms with Crippen molar-refractivity contribution in [1.82, 2.24) is 19.8 Å². The van der Waals surface area contributed by atoms with Crippen LogP contribution in [0.2, 0.25) is 5.02 Å². The fourth-order valence-electron chi connectivity index (χ4n) is 4.90. The van der Waals surface area contributed by atoms with Crippen molar-refractivity contribution in [2.45, 2.75) is 50.0 Å². The molecule has 4 rings (SSSR count). The molecule has 0 spiro atoms. The number of nitrogens with one attached hydrogen (secondary N) is 2. The summed E-state index contributed by atoms with van der Waals surface area (Å²) in [6, 6.07) is 4.87. The molecule has 0 radical (unpaired) electrons. The molecule has 1 saturated heterocycles. The second kappa shape index (κ2) is 11.4. The molecular weight excluding hydrogens is 625 g/mol. The third-order valence-electron chi connectivity index (χ3n) is 6.99. The summed E-state index contributed by atoms with van der Waals surface area (Å²) < 4.78 is 68.6. The molecule has 14 heteroatoms. The third kappa shape index (κ3) is 6.12. The van der Waals surface area contributed by atoms with Gasteiger partial charge in [-0.25, -0.2) is 13.2 Å². The quantitative estimate of drug-likeness (QED) is 0.398. The van der Waals surface area contributed by atoms with Gasteiger partial charge in [0.15, 0.2) is 9.84 Å². The number of hydrogen-bond donors (Lipinski definition) is 2. The molecule has 1 aliphatic rings. The Hall–Kier alpha value is -2.19. The maximum atomic E-state index is 14.3. The van der Waals surface area contributed by atoms with Crippen LogP contribution in [-0.4, -0.2) is 54.8 Å². The Morgan fingerprint density at radius 2 is 1.92 bits per heavy atom. The number of alkyl halides is 3. The molecule has 0 unspecified atom stereocenters. The molecule has 212 valence electrons. The van der Waals surface area contributed by atoms with Crippen molar-refractivity contribution in [2.75, 3.05) is 25.9 Å². The molecule has 0 bridgehead atoms. The van der Waals surface area contributed by atoms with Gasteiger partial charge in [-0.1, -0.05) is 18.5 Å². The fraction of sp³-hybridized carbons (Fsp3) is 0.440. The molecule has 1 atom stereocenters. The Labute approximate surface area is 236 Å². The molecule has 2 heterocycles. The predicted molar refractivity (Wildman–Crippen MR) is 147 cm³/mol. The highest BCUT2D eigenvalue weighted by Crippen LogP contribution is 2.39. The number of sulfone groups is 1. The van der Waals surface area contributed by atoms with Gasteiger partial charge in [0.2, 0.25) is 0 Å². The van der Waals surface area contributed by atoms with Gasteiger partial charge >= 0.3 is 11.9 Å². The number of rotatable bonds is 7. The summed E-state index contributed by atoms with van der Waals surface area (Å²) in [5, 5.41) is 2.98. The standard InChI is InChI=1S/C25H27BrClF3N4O4S/c1-3-39(37,38)20-7-6-15(27)9-14(20)11-34-23(35)17-10-19(25(28,29)30)18(21(26)22(17)32-24(34)36)13-33-8-4-5-16(12-33)31-2/h6-7,9-10,16,31H,3-5,8,11-13H2,1-2H3,(H,32,36)/t16-/m0/s1. The van der Waals surface area contributed by atoms with Crippen LogP contribution in [0.3, 0.4) is 0 Å². The Morgan fingerprint density at radius 1 is 1.21 bits per heavy atom. The van der Waals surface area contributed by atoms with Gasteiger partial charge in [-0.05, 0) is 77.8 Å². The van der Waals surface area contributed by atoms with Crippen molar-refractivity contribution < 1.29 is 21.6 Å². The van der Waals surface area contributed by atoms with Crippen LogP contribution in [0.5, 0.6) is 0 Å². The number of benzene rings is 2. The summed E-state index contributed by atoms with van der Waals surface area (Å²) in [7, 11) is -1.94. The largest absolute Gasteiger partial charge is 0.416 e. The first-order valence-electron chi connectivity index (χ1n) is 12.2. The van der Waals surface area contributed by atoms with Crippen molar-refractivity contribution >= 4 is 48.3 Å². The maximum Gasteiger partial charge on any atom is 0.416 e. The average molecular weight is 652 g/mol. The van der Waals surface area contributed by atoms with E-state index in [9.17, 15) is 31.2 Å². The van der Waals surface area contributed by atoms with Crippen LogP contribution < -0.4 is 16.6 Å². The zero-order valence-corrected chi connectivity index (χ0v) is 24.3. The first-order chi connectivity index (χ1) is 18.3. The van der Waals surface area contributed by atoms with Crippen molar-refractivity contribution in [1.29, 1.82) is 0 Å². The SMILES string of the molecule is CCS(=O)(=O)c1ccc(Cl)cc1Cn1c(=O)[nH]c2c(Br)c(CN3CCC[C@H](NC)C3)c(C(F)(F)F)cc2c1=O. The molecule has 3 aromatic rings. The summed E-state index contributed by atoms with van der Waals surface area (Å²) in [6.45, 7) is 2.08. The van der Waals surface area contributed by atoms with E-state index < -0.39 is 39.4 Å². The van der Waals surface area contributed by atoms with E-state index in [2.05, 4.69) is 26.2 Å². The van der Waals surface area contributed by atoms with Gasteiger partial charge in [0, 0.05) is 28.6 Å². The maximum absolute atomic E-state index is 14.3. The number of hydrogen-bond acceptors (Lipinski definition) is 6. The van der Waals surface area contributed by atoms with E-state index in [1.165, 1.54) is 25.1 Å². The smallest absolute Gasteiger partial charge is 0.316 e. The van der Waals surface area contributed by atoms with Crippen molar-refractivity contribution in [3.8, 4) is 0 Å². The van der Waals surface area contributed by atoms with Gasteiger partial charge in [-0.15, -0.1) is 0 Å². The van der Waals surface area contributed by atoms with Crippen molar-refractivity contribution in [2.24, 2.45) is 0 Å². The van der Waals surface area contributed by atoms with Gasteiger partial charge in [0.05, 0.1) is 33.7 Å². The van der Waals surface area contributed by atoms with Crippen LogP contribution in [0, 0.1) is 0 Å². The normalized spacial score (nSPS) is 17.2. The number of likely N-dealkylation sites (N-methyl/N-ethyl adjacent to an activating group) is 1. The monoisotopic (exact) mass is 650 g/mol. The predicted octanol–water partition coefficient (Wildman–Crippen LogP) is 4.15. The lowest BCUT2D eigenvalue weighted by Crippen LogP contribution is -2.44. The van der Waals surface area contributed by atoms with Crippen LogP contribution in [0.4, 0.5) is 13.2 Å². The lowest BCUT2D eigenvalue weighted by Gasteiger charge is -2.33. The lowest BCUT2D eigenvalue weighted by molar-refractivity contribution is -0.138. The third-order valence-corrected chi connectivity index (χ3v) is 9.93. The Kier molecular flexibility index (Phi) is 8.67. The van der Waals surface area contributed by atoms with Crippen LogP contribution in [-0.2, 0) is 29.1 Å². The summed E-state index contributed by atoms with van der Waals surface area (Å²) in [4.78, 5) is 30.8. The van der Waals surface area contributed by atoms with Gasteiger partial charge in [0.1, 0.15) is 0 Å². The van der Waals surface area contributed by atoms with Gasteiger partial charge in [-0.3, -0.25) is 14.3 Å². The number of H-pyrrole nitrogens is 1. The minimum absolute atomic E-state index is 0.0164. The van der Waals surface area contributed by atoms with Gasteiger partial charge < -0.3 is 10.3 Å². The molecule has 39 heavy (non-hydrogen) atoms. The summed E-state index contributed by atoms with van der Waals surface area (Å²) >= 11 is 9.29. The van der Waals surface area contributed by atoms with Gasteiger partial charge in [-0.2, -0.15) is 13.2 Å². The highest BCUT2D eigenvalue weighted by molar-refractivity contribution is 9.10. The van der Waals surface area contributed by atoms with E-state index in [1.807, 2.05) is 4.90 Å². The summed E-state index contributed by atoms with van der Waals surface area (Å²) in [5.74, 6) is -0.235. The Morgan fingerprint density at radius 3 is 2.56 bits per heavy atom. The zero-order valence-electron chi connectivity index (χ0n) is 21.2. The number of halogens is 5. The van der Waals surface area contributed by atoms with Crippen molar-refractivity contribution in [3.05, 3.63) is 71.3 Å². The highest BCUT2D eigenvalue weighted by atomic mass is 79.9. The second-order valence-corrected chi connectivity index (χ2v) is 13.0. The number of fused-ring (bicyclic) bond motifs is 1. The lowest BCUT2D eigenvalue weighted by atomic mass is 10.0. The molecule has 1 aromatic heterocycles. The van der Waals surface area contributed by atoms with Crippen LogP contribution in [0.25, 0.3) is 10.9 Å². The van der Waals surface area contributed by atoms with Crippen molar-refractivity contribution in [3.63, 3.8) is 0 Å². The molecule has 0 amide bonds. The molecule has 0 aliphatic carbocycles. The van der Waals surface area contributed by atoms with E-state index in [0.29, 0.717) is 17.7 Å². The minimum Gasteiger partial charge on any atom is -0.316 e. The zero-order chi connectivity index (χ0) is 28.7. The van der Waals surface area contributed by atoms with E-state index in [1.54, 1.807) is 7.05 Å². The number of likely N-dealkylation sites (tertiary alicyclic amines) is 1. The number of aromatic amines is 1. The van der Waals surface area contributed by atoms with E-state index >= 15 is 0 Å². The van der Waals surface area contributed by atoms with E-state index in [4.69, 9.17) is 11.6 Å². The molecule has 0 saturated carbocycles. The highest BCUT2D eigenvalue weighted by Gasteiger charge is 2.36. The average Bonchev–Trinajstić information content (AvgIpc) is 2.87. The molecule has 8 nitrogen and oxygen atoms in total. The molecule has 2 aromatic carbocycles. The first-order valence-corrected chi connectivity index (χ1v) is 15.0. The Bertz CT molecular complexity index is 1640. The second-order valence-electron chi connectivity index (χ2n) is 9.48. The molecule has 2 N–H and O–H groups in total. The fourth-order valence-corrected chi connectivity index (χ4v) is 6.86. The minimum atomic E-state index is -4.77. The molecule has 1 fully saturated rings. The molecule has 1 aliphatic heterocycles.